The van der Waals surface area contributed by atoms with E-state index in [-0.39, 0.29) is 15.5 Å². The summed E-state index contributed by atoms with van der Waals surface area (Å²) in [5, 5.41) is 0. The van der Waals surface area contributed by atoms with Crippen molar-refractivity contribution in [3.63, 3.8) is 0 Å². The zero-order chi connectivity index (χ0) is 19.1. The first-order chi connectivity index (χ1) is 12.1. The van der Waals surface area contributed by atoms with E-state index in [1.165, 1.54) is 43.4 Å². The summed E-state index contributed by atoms with van der Waals surface area (Å²) in [6.45, 7) is 1.61. The summed E-state index contributed by atoms with van der Waals surface area (Å²) < 4.78 is 53.8. The van der Waals surface area contributed by atoms with Crippen LogP contribution in [0.3, 0.4) is 0 Å². The van der Waals surface area contributed by atoms with Crippen LogP contribution in [-0.4, -0.2) is 33.9 Å². The monoisotopic (exact) mass is 396 g/mol. The lowest BCUT2D eigenvalue weighted by atomic mass is 10.2. The van der Waals surface area contributed by atoms with E-state index in [1.54, 1.807) is 6.92 Å². The number of rotatable bonds is 5. The van der Waals surface area contributed by atoms with Crippen LogP contribution in [0.15, 0.2) is 51.0 Å². The van der Waals surface area contributed by atoms with E-state index in [9.17, 15) is 21.6 Å². The molecule has 0 fully saturated rings. The highest BCUT2D eigenvalue weighted by atomic mass is 32.2. The Morgan fingerprint density at radius 1 is 0.885 bits per heavy atom. The molecule has 4 N–H and O–H groups in total. The average molecular weight is 396 g/mol. The van der Waals surface area contributed by atoms with Crippen molar-refractivity contribution in [2.45, 2.75) is 16.7 Å². The van der Waals surface area contributed by atoms with Crippen molar-refractivity contribution in [3.05, 3.63) is 52.4 Å². The lowest BCUT2D eigenvalue weighted by Crippen LogP contribution is -2.20. The average Bonchev–Trinajstić information content (AvgIpc) is 2.95. The van der Waals surface area contributed by atoms with Crippen molar-refractivity contribution in [3.8, 4) is 0 Å². The zero-order valence-corrected chi connectivity index (χ0v) is 15.5. The fourth-order valence-electron chi connectivity index (χ4n) is 2.46. The van der Waals surface area contributed by atoms with E-state index in [0.717, 1.165) is 0 Å². The molecule has 1 aromatic heterocycles. The Bertz CT molecular complexity index is 1260. The van der Waals surface area contributed by atoms with Crippen molar-refractivity contribution in [2.75, 3.05) is 11.8 Å². The summed E-state index contributed by atoms with van der Waals surface area (Å²) in [6, 6.07) is 8.35. The van der Waals surface area contributed by atoms with Gasteiger partial charge in [-0.15, -0.1) is 0 Å². The van der Waals surface area contributed by atoms with Gasteiger partial charge in [0.15, 0.2) is 0 Å². The van der Waals surface area contributed by atoms with Gasteiger partial charge in [-0.25, -0.2) is 26.4 Å². The Morgan fingerprint density at radius 3 is 2.27 bits per heavy atom. The van der Waals surface area contributed by atoms with Gasteiger partial charge in [0.05, 0.1) is 26.5 Å². The summed E-state index contributed by atoms with van der Waals surface area (Å²) in [6.07, 6.45) is 0. The number of sulfonamides is 2. The van der Waals surface area contributed by atoms with Crippen LogP contribution < -0.4 is 15.1 Å². The lowest BCUT2D eigenvalue weighted by molar-refractivity contribution is 0.587. The number of anilines is 1. The first-order valence-corrected chi connectivity index (χ1v) is 10.4. The van der Waals surface area contributed by atoms with E-state index >= 15 is 0 Å². The summed E-state index contributed by atoms with van der Waals surface area (Å²) in [4.78, 5) is 16.2. The van der Waals surface area contributed by atoms with Gasteiger partial charge >= 0.3 is 5.69 Å². The van der Waals surface area contributed by atoms with E-state index in [2.05, 4.69) is 19.4 Å². The SMILES string of the molecule is CNS(=O)(=O)c1cc(NS(=O)(=O)c2ccc3[nH]c(=O)[nH]c3c2)ccc1C. The molecule has 1 heterocycles. The second-order valence-electron chi connectivity index (χ2n) is 5.58. The van der Waals surface area contributed by atoms with Crippen molar-refractivity contribution in [1.29, 1.82) is 0 Å². The van der Waals surface area contributed by atoms with Gasteiger partial charge in [0.2, 0.25) is 10.0 Å². The molecule has 0 atom stereocenters. The molecular formula is C15H16N4O5S2. The Morgan fingerprint density at radius 2 is 1.58 bits per heavy atom. The molecule has 0 radical (unpaired) electrons. The van der Waals surface area contributed by atoms with Crippen LogP contribution >= 0.6 is 0 Å². The molecule has 0 aliphatic carbocycles. The fraction of sp³-hybridized carbons (Fsp3) is 0.133. The maximum atomic E-state index is 12.6. The number of benzene rings is 2. The predicted octanol–water partition coefficient (Wildman–Crippen LogP) is 0.874. The quantitative estimate of drug-likeness (QED) is 0.506. The molecule has 138 valence electrons. The van der Waals surface area contributed by atoms with Gasteiger partial charge in [-0.1, -0.05) is 6.07 Å². The van der Waals surface area contributed by atoms with Gasteiger partial charge in [-0.05, 0) is 49.9 Å². The molecule has 26 heavy (non-hydrogen) atoms. The molecular weight excluding hydrogens is 380 g/mol. The van der Waals surface area contributed by atoms with E-state index in [0.29, 0.717) is 16.6 Å². The first-order valence-electron chi connectivity index (χ1n) is 7.41. The minimum atomic E-state index is -3.98. The van der Waals surface area contributed by atoms with E-state index < -0.39 is 25.7 Å². The third-order valence-corrected chi connectivity index (χ3v) is 6.73. The molecule has 2 aromatic carbocycles. The lowest BCUT2D eigenvalue weighted by Gasteiger charge is -2.12. The molecule has 0 saturated heterocycles. The number of aryl methyl sites for hydroxylation is 1. The van der Waals surface area contributed by atoms with Crippen LogP contribution in [0.4, 0.5) is 5.69 Å². The highest BCUT2D eigenvalue weighted by Gasteiger charge is 2.19. The Labute approximate surface area is 149 Å². The van der Waals surface area contributed by atoms with Crippen LogP contribution in [0.5, 0.6) is 0 Å². The summed E-state index contributed by atoms with van der Waals surface area (Å²) >= 11 is 0. The van der Waals surface area contributed by atoms with Crippen molar-refractivity contribution in [2.24, 2.45) is 0 Å². The third-order valence-electron chi connectivity index (χ3n) is 3.80. The minimum Gasteiger partial charge on any atom is -0.306 e. The van der Waals surface area contributed by atoms with Gasteiger partial charge in [0.25, 0.3) is 10.0 Å². The topological polar surface area (TPSA) is 141 Å². The largest absolute Gasteiger partial charge is 0.323 e. The second-order valence-corrected chi connectivity index (χ2v) is 9.12. The van der Waals surface area contributed by atoms with Gasteiger partial charge in [-0.3, -0.25) is 4.72 Å². The molecule has 3 rings (SSSR count). The number of nitrogens with one attached hydrogen (secondary N) is 4. The van der Waals surface area contributed by atoms with Crippen molar-refractivity contribution >= 4 is 36.8 Å². The smallest absolute Gasteiger partial charge is 0.306 e. The zero-order valence-electron chi connectivity index (χ0n) is 13.8. The Balaban J connectivity index is 2.01. The van der Waals surface area contributed by atoms with Crippen LogP contribution in [0, 0.1) is 6.92 Å². The molecule has 0 aliphatic heterocycles. The molecule has 9 nitrogen and oxygen atoms in total. The molecule has 3 aromatic rings. The number of H-pyrrole nitrogens is 2. The Hall–Kier alpha value is -2.63. The highest BCUT2D eigenvalue weighted by molar-refractivity contribution is 7.92. The van der Waals surface area contributed by atoms with Gasteiger partial charge < -0.3 is 9.97 Å². The molecule has 0 amide bonds. The van der Waals surface area contributed by atoms with Crippen molar-refractivity contribution in [1.82, 2.24) is 14.7 Å². The predicted molar refractivity (Wildman–Crippen MR) is 97.2 cm³/mol. The molecule has 0 unspecified atom stereocenters. The van der Waals surface area contributed by atoms with Gasteiger partial charge in [-0.2, -0.15) is 0 Å². The maximum Gasteiger partial charge on any atom is 0.323 e. The second kappa shape index (κ2) is 6.27. The number of fused-ring (bicyclic) bond motifs is 1. The first kappa shape index (κ1) is 18.2. The molecule has 0 bridgehead atoms. The van der Waals surface area contributed by atoms with Crippen LogP contribution in [0.1, 0.15) is 5.56 Å². The molecule has 0 saturated carbocycles. The molecule has 0 aliphatic rings. The number of aromatic amines is 2. The normalized spacial score (nSPS) is 12.4. The summed E-state index contributed by atoms with van der Waals surface area (Å²) in [7, 11) is -6.43. The molecule has 11 heteroatoms. The van der Waals surface area contributed by atoms with Crippen LogP contribution in [0.25, 0.3) is 11.0 Å². The molecule has 0 spiro atoms. The number of aromatic nitrogens is 2. The maximum absolute atomic E-state index is 12.6. The third kappa shape index (κ3) is 3.36. The van der Waals surface area contributed by atoms with Gasteiger partial charge in [0.1, 0.15) is 0 Å². The number of imidazole rings is 1. The van der Waals surface area contributed by atoms with Gasteiger partial charge in [0, 0.05) is 0 Å². The minimum absolute atomic E-state index is 0.0226. The highest BCUT2D eigenvalue weighted by Crippen LogP contribution is 2.23. The van der Waals surface area contributed by atoms with E-state index in [1.807, 2.05) is 0 Å². The fourth-order valence-corrected chi connectivity index (χ4v) is 4.53. The summed E-state index contributed by atoms with van der Waals surface area (Å²) in [5.74, 6) is 0. The van der Waals surface area contributed by atoms with Crippen LogP contribution in [-0.2, 0) is 20.0 Å². The van der Waals surface area contributed by atoms with Crippen molar-refractivity contribution < 1.29 is 16.8 Å². The standard InChI is InChI=1S/C15H16N4O5S2/c1-9-3-4-10(7-14(9)26(23,24)16-2)19-25(21,22)11-5-6-12-13(8-11)18-15(20)17-12/h3-8,16,19H,1-2H3,(H2,17,18,20). The van der Waals surface area contributed by atoms with Crippen LogP contribution in [0.2, 0.25) is 0 Å². The summed E-state index contributed by atoms with van der Waals surface area (Å²) in [5.41, 5.74) is 0.968. The van der Waals surface area contributed by atoms with E-state index in [4.69, 9.17) is 0 Å². The number of hydrogen-bond acceptors (Lipinski definition) is 5. The Kier molecular flexibility index (Phi) is 4.38. The number of hydrogen-bond donors (Lipinski definition) is 4.